The maximum Gasteiger partial charge on any atom is 0.319 e. The molecule has 0 radical (unpaired) electrons. The van der Waals surface area contributed by atoms with Crippen molar-refractivity contribution in [3.8, 4) is 11.5 Å². The molecule has 40 heavy (non-hydrogen) atoms. The van der Waals surface area contributed by atoms with Gasteiger partial charge in [-0.2, -0.15) is 4.31 Å². The van der Waals surface area contributed by atoms with Gasteiger partial charge in [-0.25, -0.2) is 13.2 Å². The van der Waals surface area contributed by atoms with E-state index in [-0.39, 0.29) is 54.9 Å². The third-order valence-corrected chi connectivity index (χ3v) is 8.64. The molecule has 12 heteroatoms. The Hall–Kier alpha value is -3.35. The second kappa shape index (κ2) is 13.3. The lowest BCUT2D eigenvalue weighted by atomic mass is 10.0. The largest absolute Gasteiger partial charge is 0.497 e. The van der Waals surface area contributed by atoms with E-state index in [1.165, 1.54) is 30.6 Å². The number of nitrogens with one attached hydrogen (secondary N) is 2. The normalized spacial score (nSPS) is 18.7. The zero-order chi connectivity index (χ0) is 29.6. The number of anilines is 1. The highest BCUT2D eigenvalue weighted by molar-refractivity contribution is 7.89. The number of carbonyl (C=O) groups excluding carboxylic acids is 2. The minimum atomic E-state index is -3.85. The van der Waals surface area contributed by atoms with Gasteiger partial charge >= 0.3 is 6.03 Å². The fraction of sp³-hybridized carbons (Fsp3) is 0.500. The number of fused-ring (bicyclic) bond motifs is 1. The number of rotatable bonds is 9. The fourth-order valence-corrected chi connectivity index (χ4v) is 5.62. The van der Waals surface area contributed by atoms with Crippen LogP contribution in [0, 0.1) is 5.92 Å². The van der Waals surface area contributed by atoms with Gasteiger partial charge in [0.25, 0.3) is 0 Å². The lowest BCUT2D eigenvalue weighted by Crippen LogP contribution is -2.48. The minimum Gasteiger partial charge on any atom is -0.497 e. The highest BCUT2D eigenvalue weighted by Gasteiger charge is 2.33. The van der Waals surface area contributed by atoms with Crippen LogP contribution in [-0.2, 0) is 21.2 Å². The Morgan fingerprint density at radius 2 is 1.88 bits per heavy atom. The molecule has 0 aliphatic carbocycles. The Morgan fingerprint density at radius 1 is 1.20 bits per heavy atom. The highest BCUT2D eigenvalue weighted by atomic mass is 32.2. The topological polar surface area (TPSA) is 138 Å². The monoisotopic (exact) mass is 576 g/mol. The molecule has 2 aromatic carbocycles. The number of hydrogen-bond donors (Lipinski definition) is 3. The molecule has 0 unspecified atom stereocenters. The standard InChI is InChI=1S/C28H40N4O7S/c1-18(2)29-28(35)30-22-7-12-25-21(13-22)14-27(34)32(20(4)17-33)15-19(3)26(39-25)16-31(5)40(36,37)24-10-8-23(38-6)9-11-24/h7-13,18-20,26,33H,14-17H2,1-6H3,(H2,29,30,35)/t19-,20+,26+/m0/s1. The van der Waals surface area contributed by atoms with E-state index in [2.05, 4.69) is 10.6 Å². The van der Waals surface area contributed by atoms with Crippen LogP contribution in [0.2, 0.25) is 0 Å². The van der Waals surface area contributed by atoms with Crippen LogP contribution in [0.1, 0.15) is 33.3 Å². The summed E-state index contributed by atoms with van der Waals surface area (Å²) in [5.74, 6) is 0.479. The average molecular weight is 577 g/mol. The summed E-state index contributed by atoms with van der Waals surface area (Å²) >= 11 is 0. The Morgan fingerprint density at radius 3 is 2.48 bits per heavy atom. The molecule has 11 nitrogen and oxygen atoms in total. The summed E-state index contributed by atoms with van der Waals surface area (Å²) < 4.78 is 39.5. The van der Waals surface area contributed by atoms with Gasteiger partial charge < -0.3 is 30.1 Å². The molecule has 1 aliphatic heterocycles. The van der Waals surface area contributed by atoms with Gasteiger partial charge in [-0.3, -0.25) is 4.79 Å². The lowest BCUT2D eigenvalue weighted by molar-refractivity contribution is -0.134. The number of methoxy groups -OCH3 is 1. The van der Waals surface area contributed by atoms with Crippen molar-refractivity contribution >= 4 is 27.6 Å². The van der Waals surface area contributed by atoms with E-state index in [0.29, 0.717) is 22.7 Å². The van der Waals surface area contributed by atoms with Crippen molar-refractivity contribution < 1.29 is 32.6 Å². The molecular weight excluding hydrogens is 536 g/mol. The predicted octanol–water partition coefficient (Wildman–Crippen LogP) is 2.69. The summed E-state index contributed by atoms with van der Waals surface area (Å²) in [6.07, 6.45) is -0.639. The third-order valence-electron chi connectivity index (χ3n) is 6.80. The molecule has 1 heterocycles. The van der Waals surface area contributed by atoms with Crippen LogP contribution < -0.4 is 20.1 Å². The van der Waals surface area contributed by atoms with Crippen LogP contribution in [-0.4, -0.2) is 86.7 Å². The zero-order valence-electron chi connectivity index (χ0n) is 23.9. The van der Waals surface area contributed by atoms with E-state index in [4.69, 9.17) is 9.47 Å². The van der Waals surface area contributed by atoms with Crippen molar-refractivity contribution in [1.29, 1.82) is 0 Å². The number of likely N-dealkylation sites (N-methyl/N-ethyl adjacent to an activating group) is 1. The van der Waals surface area contributed by atoms with Gasteiger partial charge in [0, 0.05) is 36.8 Å². The SMILES string of the molecule is COc1ccc(S(=O)(=O)N(C)C[C@H]2Oc3ccc(NC(=O)NC(C)C)cc3CC(=O)N([C@H](C)CO)C[C@@H]2C)cc1. The van der Waals surface area contributed by atoms with Crippen LogP contribution in [0.4, 0.5) is 10.5 Å². The van der Waals surface area contributed by atoms with Crippen LogP contribution in [0.15, 0.2) is 47.4 Å². The Balaban J connectivity index is 1.94. The number of sulfonamides is 1. The molecule has 0 bridgehead atoms. The van der Waals surface area contributed by atoms with Crippen molar-refractivity contribution in [2.24, 2.45) is 5.92 Å². The van der Waals surface area contributed by atoms with Gasteiger partial charge in [-0.05, 0) is 63.2 Å². The smallest absolute Gasteiger partial charge is 0.319 e. The highest BCUT2D eigenvalue weighted by Crippen LogP contribution is 2.30. The maximum atomic E-state index is 13.4. The van der Waals surface area contributed by atoms with E-state index in [0.717, 1.165) is 0 Å². The molecular formula is C28H40N4O7S. The number of aliphatic hydroxyl groups excluding tert-OH is 1. The van der Waals surface area contributed by atoms with Crippen LogP contribution >= 0.6 is 0 Å². The molecule has 1 aliphatic rings. The van der Waals surface area contributed by atoms with Gasteiger partial charge in [0.05, 0.1) is 37.6 Å². The first-order valence-electron chi connectivity index (χ1n) is 13.2. The molecule has 0 saturated carbocycles. The summed E-state index contributed by atoms with van der Waals surface area (Å²) in [6, 6.07) is 10.3. The summed E-state index contributed by atoms with van der Waals surface area (Å²) in [5, 5.41) is 15.4. The van der Waals surface area contributed by atoms with Crippen LogP contribution in [0.3, 0.4) is 0 Å². The second-order valence-corrected chi connectivity index (χ2v) is 12.5. The molecule has 220 valence electrons. The first kappa shape index (κ1) is 31.2. The van der Waals surface area contributed by atoms with E-state index in [1.54, 1.807) is 42.2 Å². The van der Waals surface area contributed by atoms with Crippen molar-refractivity contribution in [1.82, 2.24) is 14.5 Å². The van der Waals surface area contributed by atoms with Crippen molar-refractivity contribution in [2.75, 3.05) is 39.2 Å². The first-order chi connectivity index (χ1) is 18.8. The van der Waals surface area contributed by atoms with Gasteiger partial charge in [-0.1, -0.05) is 6.92 Å². The van der Waals surface area contributed by atoms with Crippen molar-refractivity contribution in [2.45, 2.75) is 57.2 Å². The first-order valence-corrected chi connectivity index (χ1v) is 14.7. The molecule has 0 saturated heterocycles. The summed E-state index contributed by atoms with van der Waals surface area (Å²) in [5.41, 5.74) is 1.03. The number of benzene rings is 2. The molecule has 3 rings (SSSR count). The third kappa shape index (κ3) is 7.64. The van der Waals surface area contributed by atoms with E-state index >= 15 is 0 Å². The second-order valence-electron chi connectivity index (χ2n) is 10.4. The van der Waals surface area contributed by atoms with Crippen molar-refractivity contribution in [3.63, 3.8) is 0 Å². The summed E-state index contributed by atoms with van der Waals surface area (Å²) in [7, 11) is -0.850. The summed E-state index contributed by atoms with van der Waals surface area (Å²) in [4.78, 5) is 27.3. The molecule has 0 aromatic heterocycles. The van der Waals surface area contributed by atoms with Crippen LogP contribution in [0.5, 0.6) is 11.5 Å². The molecule has 2 aromatic rings. The van der Waals surface area contributed by atoms with Gasteiger partial charge in [-0.15, -0.1) is 0 Å². The van der Waals surface area contributed by atoms with Crippen LogP contribution in [0.25, 0.3) is 0 Å². The minimum absolute atomic E-state index is 0.0135. The maximum absolute atomic E-state index is 13.4. The van der Waals surface area contributed by atoms with Crippen molar-refractivity contribution in [3.05, 3.63) is 48.0 Å². The molecule has 3 N–H and O–H groups in total. The van der Waals surface area contributed by atoms with Gasteiger partial charge in [0.1, 0.15) is 17.6 Å². The number of hydrogen-bond acceptors (Lipinski definition) is 7. The predicted molar refractivity (Wildman–Crippen MR) is 152 cm³/mol. The number of ether oxygens (including phenoxy) is 2. The zero-order valence-corrected chi connectivity index (χ0v) is 24.7. The van der Waals surface area contributed by atoms with E-state index < -0.39 is 22.2 Å². The Kier molecular flexibility index (Phi) is 10.4. The van der Waals surface area contributed by atoms with E-state index in [9.17, 15) is 23.1 Å². The Labute approximate surface area is 236 Å². The number of carbonyl (C=O) groups is 2. The molecule has 0 spiro atoms. The molecule has 0 fully saturated rings. The van der Waals surface area contributed by atoms with Gasteiger partial charge in [0.2, 0.25) is 15.9 Å². The van der Waals surface area contributed by atoms with E-state index in [1.807, 2.05) is 20.8 Å². The number of nitrogens with zero attached hydrogens (tertiary/aromatic N) is 2. The number of urea groups is 1. The quantitative estimate of drug-likeness (QED) is 0.417. The molecule has 3 atom stereocenters. The Bertz CT molecular complexity index is 1280. The molecule has 3 amide bonds. The summed E-state index contributed by atoms with van der Waals surface area (Å²) in [6.45, 7) is 7.40. The number of aliphatic hydroxyl groups is 1. The number of amides is 3. The average Bonchev–Trinajstić information content (AvgIpc) is 2.95. The lowest BCUT2D eigenvalue weighted by Gasteiger charge is -2.33. The fourth-order valence-electron chi connectivity index (χ4n) is 4.43. The van der Waals surface area contributed by atoms with Gasteiger partial charge in [0.15, 0.2) is 0 Å².